The molecule has 4 fully saturated rings. The van der Waals surface area contributed by atoms with Gasteiger partial charge < -0.3 is 0 Å². The van der Waals surface area contributed by atoms with Gasteiger partial charge in [-0.3, -0.25) is 0 Å². The van der Waals surface area contributed by atoms with Crippen LogP contribution in [0.25, 0.3) is 0 Å². The third-order valence-electron chi connectivity index (χ3n) is 8.83. The molecule has 0 radical (unpaired) electrons. The Morgan fingerprint density at radius 3 is 2.43 bits per heavy atom. The van der Waals surface area contributed by atoms with E-state index in [9.17, 15) is 0 Å². The zero-order valence-corrected chi connectivity index (χ0v) is 13.7. The summed E-state index contributed by atoms with van der Waals surface area (Å²) in [6, 6.07) is 0. The number of fused-ring (bicyclic) bond motifs is 5. The van der Waals surface area contributed by atoms with Gasteiger partial charge in [0.05, 0.1) is 0 Å². The molecule has 8 unspecified atom stereocenters. The molecule has 0 aromatic carbocycles. The minimum Gasteiger partial charge on any atom is -0.103 e. The zero-order valence-electron chi connectivity index (χ0n) is 13.7. The smallest absolute Gasteiger partial charge is 0.0228 e. The largest absolute Gasteiger partial charge is 0.103 e. The molecule has 0 amide bonds. The molecule has 0 heterocycles. The normalized spacial score (nSPS) is 58.0. The molecule has 0 heteroatoms. The van der Waals surface area contributed by atoms with Crippen LogP contribution in [0.15, 0.2) is 12.7 Å². The highest BCUT2D eigenvalue weighted by atomic mass is 14.7. The SMILES string of the molecule is C.C=CC1CC2CCC3C4CCC(C)C4(C)CC3C2(C)C1. The summed E-state index contributed by atoms with van der Waals surface area (Å²) in [7, 11) is 0. The van der Waals surface area contributed by atoms with Crippen LogP contribution >= 0.6 is 0 Å². The molecule has 0 nitrogen and oxygen atoms in total. The lowest BCUT2D eigenvalue weighted by atomic mass is 9.58. The van der Waals surface area contributed by atoms with Crippen LogP contribution in [0.4, 0.5) is 0 Å². The van der Waals surface area contributed by atoms with Crippen LogP contribution < -0.4 is 0 Å². The Kier molecular flexibility index (Phi) is 3.62. The highest BCUT2D eigenvalue weighted by molar-refractivity contribution is 5.13. The fraction of sp³-hybridized carbons (Fsp3) is 0.905. The molecule has 0 bridgehead atoms. The average Bonchev–Trinajstić information content (AvgIpc) is 3.00. The molecule has 8 atom stereocenters. The average molecular weight is 289 g/mol. The Morgan fingerprint density at radius 1 is 0.952 bits per heavy atom. The monoisotopic (exact) mass is 288 g/mol. The minimum absolute atomic E-state index is 0. The Hall–Kier alpha value is -0.260. The molecule has 21 heavy (non-hydrogen) atoms. The lowest BCUT2D eigenvalue weighted by Crippen LogP contribution is -2.39. The van der Waals surface area contributed by atoms with E-state index in [2.05, 4.69) is 33.4 Å². The van der Waals surface area contributed by atoms with Gasteiger partial charge in [0, 0.05) is 0 Å². The molecule has 0 saturated heterocycles. The van der Waals surface area contributed by atoms with Gasteiger partial charge in [-0.2, -0.15) is 0 Å². The summed E-state index contributed by atoms with van der Waals surface area (Å²) in [6.07, 6.45) is 12.8. The Labute approximate surface area is 132 Å². The van der Waals surface area contributed by atoms with Gasteiger partial charge in [0.25, 0.3) is 0 Å². The molecule has 0 spiro atoms. The fourth-order valence-corrected chi connectivity index (χ4v) is 7.46. The summed E-state index contributed by atoms with van der Waals surface area (Å²) in [5, 5.41) is 0. The molecular weight excluding hydrogens is 252 g/mol. The van der Waals surface area contributed by atoms with Gasteiger partial charge in [0.15, 0.2) is 0 Å². The van der Waals surface area contributed by atoms with Crippen molar-refractivity contribution in [2.75, 3.05) is 0 Å². The first-order chi connectivity index (χ1) is 9.49. The van der Waals surface area contributed by atoms with Crippen LogP contribution in [0.2, 0.25) is 0 Å². The maximum absolute atomic E-state index is 4.10. The number of hydrogen-bond donors (Lipinski definition) is 0. The van der Waals surface area contributed by atoms with E-state index in [0.29, 0.717) is 10.8 Å². The molecule has 0 N–H and O–H groups in total. The van der Waals surface area contributed by atoms with Crippen molar-refractivity contribution in [3.05, 3.63) is 12.7 Å². The summed E-state index contributed by atoms with van der Waals surface area (Å²) < 4.78 is 0. The maximum atomic E-state index is 4.10. The Balaban J connectivity index is 0.00000132. The van der Waals surface area contributed by atoms with E-state index in [-0.39, 0.29) is 7.43 Å². The molecular formula is C21H36. The molecule has 0 aromatic heterocycles. The molecule has 4 aliphatic carbocycles. The fourth-order valence-electron chi connectivity index (χ4n) is 7.46. The number of allylic oxidation sites excluding steroid dienone is 1. The number of rotatable bonds is 1. The van der Waals surface area contributed by atoms with Crippen LogP contribution in [0, 0.1) is 46.3 Å². The van der Waals surface area contributed by atoms with Gasteiger partial charge in [-0.05, 0) is 91.3 Å². The van der Waals surface area contributed by atoms with Crippen LogP contribution in [0.5, 0.6) is 0 Å². The first-order valence-corrected chi connectivity index (χ1v) is 9.11. The van der Waals surface area contributed by atoms with Gasteiger partial charge in [0.2, 0.25) is 0 Å². The zero-order chi connectivity index (χ0) is 14.1. The number of hydrogen-bond acceptors (Lipinski definition) is 0. The van der Waals surface area contributed by atoms with E-state index in [1.165, 1.54) is 32.1 Å². The second-order valence-electron chi connectivity index (χ2n) is 9.28. The molecule has 0 aliphatic heterocycles. The summed E-state index contributed by atoms with van der Waals surface area (Å²) in [6.45, 7) is 11.9. The maximum Gasteiger partial charge on any atom is -0.0228 e. The van der Waals surface area contributed by atoms with Gasteiger partial charge in [-0.1, -0.05) is 34.3 Å². The molecule has 4 aliphatic rings. The topological polar surface area (TPSA) is 0 Å². The van der Waals surface area contributed by atoms with Crippen LogP contribution in [0.3, 0.4) is 0 Å². The highest BCUT2D eigenvalue weighted by Gasteiger charge is 2.63. The quantitative estimate of drug-likeness (QED) is 0.495. The molecule has 4 rings (SSSR count). The third kappa shape index (κ3) is 1.86. The van der Waals surface area contributed by atoms with Gasteiger partial charge >= 0.3 is 0 Å². The van der Waals surface area contributed by atoms with Gasteiger partial charge in [-0.15, -0.1) is 6.58 Å². The van der Waals surface area contributed by atoms with Crippen molar-refractivity contribution in [3.8, 4) is 0 Å². The summed E-state index contributed by atoms with van der Waals surface area (Å²) >= 11 is 0. The summed E-state index contributed by atoms with van der Waals surface area (Å²) in [5.41, 5.74) is 1.33. The second-order valence-corrected chi connectivity index (χ2v) is 9.28. The third-order valence-corrected chi connectivity index (χ3v) is 8.83. The predicted molar refractivity (Wildman–Crippen MR) is 92.1 cm³/mol. The van der Waals surface area contributed by atoms with Crippen LogP contribution in [0.1, 0.15) is 73.1 Å². The van der Waals surface area contributed by atoms with Crippen molar-refractivity contribution in [1.82, 2.24) is 0 Å². The lowest BCUT2D eigenvalue weighted by Gasteiger charge is -2.47. The van der Waals surface area contributed by atoms with Crippen molar-refractivity contribution in [2.45, 2.75) is 73.1 Å². The van der Waals surface area contributed by atoms with Crippen molar-refractivity contribution >= 4 is 0 Å². The molecule has 0 aromatic rings. The van der Waals surface area contributed by atoms with Gasteiger partial charge in [-0.25, -0.2) is 0 Å². The van der Waals surface area contributed by atoms with Crippen molar-refractivity contribution in [2.24, 2.45) is 46.3 Å². The van der Waals surface area contributed by atoms with Gasteiger partial charge in [0.1, 0.15) is 0 Å². The van der Waals surface area contributed by atoms with E-state index in [1.54, 1.807) is 12.8 Å². The van der Waals surface area contributed by atoms with E-state index in [4.69, 9.17) is 0 Å². The van der Waals surface area contributed by atoms with E-state index in [0.717, 1.165) is 35.5 Å². The minimum atomic E-state index is 0. The van der Waals surface area contributed by atoms with Crippen molar-refractivity contribution in [1.29, 1.82) is 0 Å². The van der Waals surface area contributed by atoms with E-state index in [1.807, 2.05) is 0 Å². The van der Waals surface area contributed by atoms with E-state index >= 15 is 0 Å². The van der Waals surface area contributed by atoms with Crippen molar-refractivity contribution in [3.63, 3.8) is 0 Å². The Morgan fingerprint density at radius 2 is 1.71 bits per heavy atom. The van der Waals surface area contributed by atoms with Crippen LogP contribution in [-0.4, -0.2) is 0 Å². The summed E-state index contributed by atoms with van der Waals surface area (Å²) in [4.78, 5) is 0. The molecule has 120 valence electrons. The standard InChI is InChI=1S/C20H32.CH4/c1-5-14-10-15-7-8-16-17-9-6-13(2)19(17,3)12-18(16)20(15,4)11-14;/h5,13-18H,1,6-12H2,2-4H3;1H4. The first kappa shape index (κ1) is 15.6. The predicted octanol–water partition coefficient (Wildman–Crippen LogP) is 6.32. The first-order valence-electron chi connectivity index (χ1n) is 9.11. The van der Waals surface area contributed by atoms with Crippen LogP contribution in [-0.2, 0) is 0 Å². The highest BCUT2D eigenvalue weighted by Crippen LogP contribution is 2.71. The van der Waals surface area contributed by atoms with E-state index < -0.39 is 0 Å². The second kappa shape index (κ2) is 4.87. The lowest BCUT2D eigenvalue weighted by molar-refractivity contribution is 0.0232. The Bertz CT molecular complexity index is 424. The molecule has 4 saturated carbocycles. The van der Waals surface area contributed by atoms with Crippen molar-refractivity contribution < 1.29 is 0 Å². The summed E-state index contributed by atoms with van der Waals surface area (Å²) in [5.74, 6) is 5.94.